The van der Waals surface area contributed by atoms with E-state index in [1.165, 1.54) is 0 Å². The van der Waals surface area contributed by atoms with Crippen LogP contribution in [0.1, 0.15) is 29.9 Å². The van der Waals surface area contributed by atoms with Crippen LogP contribution in [0.25, 0.3) is 11.1 Å². The van der Waals surface area contributed by atoms with Crippen molar-refractivity contribution in [3.63, 3.8) is 0 Å². The number of benzene rings is 2. The molecule has 136 valence electrons. The summed E-state index contributed by atoms with van der Waals surface area (Å²) in [5.41, 5.74) is 9.91. The minimum Gasteiger partial charge on any atom is -0.480 e. The van der Waals surface area contributed by atoms with Gasteiger partial charge in [0.1, 0.15) is 12.6 Å². The predicted octanol–water partition coefficient (Wildman–Crippen LogP) is 2.72. The smallest absolute Gasteiger partial charge is 0.407 e. The van der Waals surface area contributed by atoms with E-state index in [1.807, 2.05) is 36.4 Å². The maximum Gasteiger partial charge on any atom is 0.407 e. The van der Waals surface area contributed by atoms with E-state index in [9.17, 15) is 14.7 Å². The van der Waals surface area contributed by atoms with Gasteiger partial charge in [0.15, 0.2) is 0 Å². The lowest BCUT2D eigenvalue weighted by Gasteiger charge is -2.17. The zero-order valence-electron chi connectivity index (χ0n) is 14.4. The standard InChI is InChI=1S/C20H22N2O4/c21-11-5-10-18(19(23)24)22-20(25)26-12-17-15-8-3-1-6-13(15)14-7-2-4-9-16(14)17/h1-4,6-9,17-18H,5,10-12,21H2,(H,22,25)(H,23,24). The molecule has 0 spiro atoms. The first kappa shape index (κ1) is 17.9. The van der Waals surface area contributed by atoms with Crippen LogP contribution in [0.3, 0.4) is 0 Å². The maximum atomic E-state index is 12.1. The SMILES string of the molecule is NCCCC(NC(=O)OCC1c2ccccc2-c2ccccc21)C(=O)O. The fourth-order valence-corrected chi connectivity index (χ4v) is 3.36. The number of carboxylic acid groups (broad SMARTS) is 1. The highest BCUT2D eigenvalue weighted by Crippen LogP contribution is 2.44. The third kappa shape index (κ3) is 3.70. The van der Waals surface area contributed by atoms with E-state index in [2.05, 4.69) is 17.4 Å². The largest absolute Gasteiger partial charge is 0.480 e. The quantitative estimate of drug-likeness (QED) is 0.710. The summed E-state index contributed by atoms with van der Waals surface area (Å²) >= 11 is 0. The predicted molar refractivity (Wildman–Crippen MR) is 97.9 cm³/mol. The molecule has 0 saturated carbocycles. The van der Waals surface area contributed by atoms with Gasteiger partial charge in [-0.2, -0.15) is 0 Å². The zero-order chi connectivity index (χ0) is 18.5. The summed E-state index contributed by atoms with van der Waals surface area (Å²) in [4.78, 5) is 23.3. The highest BCUT2D eigenvalue weighted by molar-refractivity contribution is 5.81. The zero-order valence-corrected chi connectivity index (χ0v) is 14.4. The van der Waals surface area contributed by atoms with Crippen molar-refractivity contribution in [3.05, 3.63) is 59.7 Å². The molecule has 2 aromatic carbocycles. The number of hydrogen-bond donors (Lipinski definition) is 3. The van der Waals surface area contributed by atoms with Gasteiger partial charge in [0, 0.05) is 5.92 Å². The molecule has 1 unspecified atom stereocenters. The van der Waals surface area contributed by atoms with Crippen LogP contribution in [0.5, 0.6) is 0 Å². The first-order valence-electron chi connectivity index (χ1n) is 8.66. The molecule has 4 N–H and O–H groups in total. The van der Waals surface area contributed by atoms with Crippen LogP contribution in [0, 0.1) is 0 Å². The Labute approximate surface area is 152 Å². The first-order chi connectivity index (χ1) is 12.6. The van der Waals surface area contributed by atoms with Crippen LogP contribution in [-0.2, 0) is 9.53 Å². The van der Waals surface area contributed by atoms with E-state index >= 15 is 0 Å². The molecule has 1 atom stereocenters. The van der Waals surface area contributed by atoms with E-state index in [1.54, 1.807) is 0 Å². The maximum absolute atomic E-state index is 12.1. The number of aliphatic carboxylic acids is 1. The lowest BCUT2D eigenvalue weighted by molar-refractivity contribution is -0.139. The molecule has 0 bridgehead atoms. The Morgan fingerprint density at radius 3 is 2.19 bits per heavy atom. The van der Waals surface area contributed by atoms with Crippen LogP contribution < -0.4 is 11.1 Å². The number of ether oxygens (including phenoxy) is 1. The van der Waals surface area contributed by atoms with E-state index in [4.69, 9.17) is 10.5 Å². The molecule has 0 saturated heterocycles. The van der Waals surface area contributed by atoms with E-state index in [-0.39, 0.29) is 18.9 Å². The van der Waals surface area contributed by atoms with Crippen molar-refractivity contribution in [2.24, 2.45) is 5.73 Å². The van der Waals surface area contributed by atoms with Crippen LogP contribution in [-0.4, -0.2) is 36.4 Å². The van der Waals surface area contributed by atoms with Crippen molar-refractivity contribution in [1.82, 2.24) is 5.32 Å². The number of nitrogens with one attached hydrogen (secondary N) is 1. The number of hydrogen-bond acceptors (Lipinski definition) is 4. The minimum atomic E-state index is -1.09. The molecule has 6 nitrogen and oxygen atoms in total. The highest BCUT2D eigenvalue weighted by atomic mass is 16.5. The molecule has 1 amide bonds. The average molecular weight is 354 g/mol. The number of amides is 1. The molecule has 1 aliphatic carbocycles. The Bertz CT molecular complexity index is 760. The van der Waals surface area contributed by atoms with Crippen LogP contribution in [0.2, 0.25) is 0 Å². The Balaban J connectivity index is 1.68. The second-order valence-corrected chi connectivity index (χ2v) is 6.29. The summed E-state index contributed by atoms with van der Waals surface area (Å²) in [6.45, 7) is 0.527. The Hall–Kier alpha value is -2.86. The van der Waals surface area contributed by atoms with Crippen molar-refractivity contribution in [1.29, 1.82) is 0 Å². The van der Waals surface area contributed by atoms with Gasteiger partial charge < -0.3 is 20.9 Å². The van der Waals surface area contributed by atoms with Gasteiger partial charge in [-0.05, 0) is 41.6 Å². The summed E-state index contributed by atoms with van der Waals surface area (Å²) < 4.78 is 5.36. The molecule has 0 aliphatic heterocycles. The second-order valence-electron chi connectivity index (χ2n) is 6.29. The molecule has 26 heavy (non-hydrogen) atoms. The Morgan fingerprint density at radius 2 is 1.65 bits per heavy atom. The third-order valence-electron chi connectivity index (χ3n) is 4.63. The summed E-state index contributed by atoms with van der Waals surface area (Å²) in [7, 11) is 0. The van der Waals surface area contributed by atoms with Gasteiger partial charge in [0.2, 0.25) is 0 Å². The molecule has 0 radical (unpaired) electrons. The number of nitrogens with two attached hydrogens (primary N) is 1. The molecule has 1 aliphatic rings. The van der Waals surface area contributed by atoms with E-state index < -0.39 is 18.1 Å². The molecule has 3 rings (SSSR count). The van der Waals surface area contributed by atoms with Crippen molar-refractivity contribution in [2.45, 2.75) is 24.8 Å². The number of carbonyl (C=O) groups excluding carboxylic acids is 1. The van der Waals surface area contributed by atoms with Crippen molar-refractivity contribution >= 4 is 12.1 Å². The van der Waals surface area contributed by atoms with Crippen molar-refractivity contribution in [3.8, 4) is 11.1 Å². The fourth-order valence-electron chi connectivity index (χ4n) is 3.36. The Morgan fingerprint density at radius 1 is 1.08 bits per heavy atom. The fraction of sp³-hybridized carbons (Fsp3) is 0.300. The van der Waals surface area contributed by atoms with Crippen LogP contribution in [0.4, 0.5) is 4.79 Å². The van der Waals surface area contributed by atoms with Gasteiger partial charge in [-0.1, -0.05) is 48.5 Å². The van der Waals surface area contributed by atoms with Gasteiger partial charge in [0.25, 0.3) is 0 Å². The average Bonchev–Trinajstić information content (AvgIpc) is 2.97. The summed E-state index contributed by atoms with van der Waals surface area (Å²) in [6, 6.07) is 15.1. The summed E-state index contributed by atoms with van der Waals surface area (Å²) in [5, 5.41) is 11.6. The molecular formula is C20H22N2O4. The third-order valence-corrected chi connectivity index (χ3v) is 4.63. The van der Waals surface area contributed by atoms with E-state index in [0.717, 1.165) is 22.3 Å². The highest BCUT2D eigenvalue weighted by Gasteiger charge is 2.29. The first-order valence-corrected chi connectivity index (χ1v) is 8.66. The number of alkyl carbamates (subject to hydrolysis) is 1. The topological polar surface area (TPSA) is 102 Å². The molecule has 0 aromatic heterocycles. The molecular weight excluding hydrogens is 332 g/mol. The number of fused-ring (bicyclic) bond motifs is 3. The van der Waals surface area contributed by atoms with Crippen LogP contribution in [0.15, 0.2) is 48.5 Å². The second kappa shape index (κ2) is 8.01. The van der Waals surface area contributed by atoms with E-state index in [0.29, 0.717) is 13.0 Å². The van der Waals surface area contributed by atoms with Gasteiger partial charge in [-0.15, -0.1) is 0 Å². The number of rotatable bonds is 7. The van der Waals surface area contributed by atoms with Crippen molar-refractivity contribution < 1.29 is 19.4 Å². The molecule has 0 heterocycles. The summed E-state index contributed by atoms with van der Waals surface area (Å²) in [6.07, 6.45) is 0.0627. The number of carbonyl (C=O) groups is 2. The lowest BCUT2D eigenvalue weighted by Crippen LogP contribution is -2.41. The normalized spacial score (nSPS) is 13.6. The Kier molecular flexibility index (Phi) is 5.53. The van der Waals surface area contributed by atoms with Gasteiger partial charge in [-0.3, -0.25) is 0 Å². The molecule has 0 fully saturated rings. The lowest BCUT2D eigenvalue weighted by atomic mass is 9.98. The molecule has 6 heteroatoms. The van der Waals surface area contributed by atoms with Gasteiger partial charge in [-0.25, -0.2) is 9.59 Å². The summed E-state index contributed by atoms with van der Waals surface area (Å²) in [5.74, 6) is -1.15. The van der Waals surface area contributed by atoms with Crippen LogP contribution >= 0.6 is 0 Å². The minimum absolute atomic E-state index is 0.0551. The number of carboxylic acids is 1. The monoisotopic (exact) mass is 354 g/mol. The molecule has 2 aromatic rings. The van der Waals surface area contributed by atoms with Crippen molar-refractivity contribution in [2.75, 3.05) is 13.2 Å². The van der Waals surface area contributed by atoms with Gasteiger partial charge >= 0.3 is 12.1 Å². The van der Waals surface area contributed by atoms with Gasteiger partial charge in [0.05, 0.1) is 0 Å².